The second-order valence-electron chi connectivity index (χ2n) is 5.69. The van der Waals surface area contributed by atoms with Gasteiger partial charge in [0.2, 0.25) is 0 Å². The fourth-order valence-electron chi connectivity index (χ4n) is 1.58. The van der Waals surface area contributed by atoms with Crippen LogP contribution in [0.25, 0.3) is 0 Å². The minimum Gasteiger partial charge on any atom is -0.381 e. The molecule has 5 heteroatoms. The first-order chi connectivity index (χ1) is 8.44. The lowest BCUT2D eigenvalue weighted by atomic mass is 10.2. The van der Waals surface area contributed by atoms with Crippen LogP contribution in [0.2, 0.25) is 0 Å². The Bertz CT molecular complexity index is 458. The van der Waals surface area contributed by atoms with Crippen LogP contribution in [-0.2, 0) is 11.3 Å². The molecule has 0 atom stereocenters. The molecule has 0 aliphatic heterocycles. The summed E-state index contributed by atoms with van der Waals surface area (Å²) in [4.78, 5) is 11.8. The summed E-state index contributed by atoms with van der Waals surface area (Å²) in [6.45, 7) is 6.95. The minimum atomic E-state index is -0.183. The van der Waals surface area contributed by atoms with Gasteiger partial charge >= 0.3 is 0 Å². The number of ether oxygens (including phenoxy) is 1. The number of anilines is 1. The zero-order valence-electron chi connectivity index (χ0n) is 11.3. The Morgan fingerprint density at radius 3 is 2.78 bits per heavy atom. The molecule has 18 heavy (non-hydrogen) atoms. The number of hydrogen-bond acceptors (Lipinski definition) is 4. The third-order valence-corrected chi connectivity index (χ3v) is 2.66. The molecule has 100 valence electrons. The van der Waals surface area contributed by atoms with Crippen LogP contribution in [0.4, 0.5) is 5.69 Å². The summed E-state index contributed by atoms with van der Waals surface area (Å²) in [7, 11) is 0. The summed E-state index contributed by atoms with van der Waals surface area (Å²) < 4.78 is 7.01. The highest BCUT2D eigenvalue weighted by Gasteiger charge is 2.21. The van der Waals surface area contributed by atoms with E-state index in [9.17, 15) is 4.79 Å². The van der Waals surface area contributed by atoms with Crippen molar-refractivity contribution in [1.29, 1.82) is 0 Å². The van der Waals surface area contributed by atoms with Crippen LogP contribution < -0.4 is 10.9 Å². The van der Waals surface area contributed by atoms with E-state index in [1.807, 2.05) is 20.8 Å². The number of nitrogens with zero attached hydrogens (tertiary/aromatic N) is 2. The van der Waals surface area contributed by atoms with E-state index >= 15 is 0 Å². The maximum absolute atomic E-state index is 11.8. The van der Waals surface area contributed by atoms with Gasteiger partial charge in [-0.15, -0.1) is 0 Å². The monoisotopic (exact) mass is 251 g/mol. The Kier molecular flexibility index (Phi) is 3.71. The van der Waals surface area contributed by atoms with Gasteiger partial charge in [0.15, 0.2) is 0 Å². The second-order valence-corrected chi connectivity index (χ2v) is 5.69. The van der Waals surface area contributed by atoms with E-state index in [1.165, 1.54) is 17.5 Å². The molecule has 1 N–H and O–H groups in total. The Morgan fingerprint density at radius 1 is 1.50 bits per heavy atom. The van der Waals surface area contributed by atoms with Gasteiger partial charge in [0.25, 0.3) is 5.56 Å². The van der Waals surface area contributed by atoms with Crippen LogP contribution in [-0.4, -0.2) is 28.0 Å². The van der Waals surface area contributed by atoms with Crippen molar-refractivity contribution in [3.05, 3.63) is 22.6 Å². The Labute approximate surface area is 107 Å². The Morgan fingerprint density at radius 2 is 2.22 bits per heavy atom. The van der Waals surface area contributed by atoms with Gasteiger partial charge in [0.1, 0.15) is 0 Å². The third kappa shape index (κ3) is 4.14. The van der Waals surface area contributed by atoms with E-state index in [4.69, 9.17) is 4.74 Å². The summed E-state index contributed by atoms with van der Waals surface area (Å²) in [6.07, 6.45) is 4.07. The van der Waals surface area contributed by atoms with Crippen molar-refractivity contribution >= 4 is 5.69 Å². The van der Waals surface area contributed by atoms with Gasteiger partial charge in [0, 0.05) is 12.1 Å². The molecule has 0 saturated heterocycles. The van der Waals surface area contributed by atoms with Crippen molar-refractivity contribution in [2.75, 3.05) is 11.9 Å². The zero-order valence-corrected chi connectivity index (χ0v) is 11.3. The van der Waals surface area contributed by atoms with Crippen molar-refractivity contribution in [2.45, 2.75) is 51.8 Å². The Hall–Kier alpha value is -1.36. The molecule has 1 heterocycles. The molecule has 1 saturated carbocycles. The maximum Gasteiger partial charge on any atom is 0.268 e. The fraction of sp³-hybridized carbons (Fsp3) is 0.692. The van der Waals surface area contributed by atoms with E-state index in [2.05, 4.69) is 10.4 Å². The van der Waals surface area contributed by atoms with Crippen molar-refractivity contribution in [3.8, 4) is 0 Å². The van der Waals surface area contributed by atoms with Gasteiger partial charge in [-0.05, 0) is 33.6 Å². The highest BCUT2D eigenvalue weighted by Crippen LogP contribution is 2.23. The molecular weight excluding hydrogens is 230 g/mol. The van der Waals surface area contributed by atoms with Gasteiger partial charge in [0.05, 0.1) is 30.6 Å². The summed E-state index contributed by atoms with van der Waals surface area (Å²) in [5.41, 5.74) is 0.547. The molecule has 1 aromatic heterocycles. The van der Waals surface area contributed by atoms with Crippen LogP contribution >= 0.6 is 0 Å². The third-order valence-electron chi connectivity index (χ3n) is 2.66. The number of rotatable bonds is 5. The number of hydrogen-bond donors (Lipinski definition) is 1. The molecule has 0 aromatic carbocycles. The van der Waals surface area contributed by atoms with E-state index in [1.54, 1.807) is 12.3 Å². The van der Waals surface area contributed by atoms with Crippen LogP contribution in [0.15, 0.2) is 17.1 Å². The fourth-order valence-corrected chi connectivity index (χ4v) is 1.58. The smallest absolute Gasteiger partial charge is 0.268 e. The lowest BCUT2D eigenvalue weighted by molar-refractivity contribution is -0.00835. The lowest BCUT2D eigenvalue weighted by Gasteiger charge is -2.19. The molecule has 1 fully saturated rings. The van der Waals surface area contributed by atoms with Crippen LogP contribution in [0, 0.1) is 0 Å². The van der Waals surface area contributed by atoms with Crippen molar-refractivity contribution < 1.29 is 4.74 Å². The first-order valence-corrected chi connectivity index (χ1v) is 6.42. The summed E-state index contributed by atoms with van der Waals surface area (Å²) in [5.74, 6) is 0. The standard InChI is InChI=1S/C13H21N3O2/c1-13(2,3)18-7-6-16-12(17)8-11(9-14-16)15-10-4-5-10/h8-10,15H,4-7H2,1-3H3. The van der Waals surface area contributed by atoms with Gasteiger partial charge in [-0.1, -0.05) is 0 Å². The van der Waals surface area contributed by atoms with Crippen molar-refractivity contribution in [3.63, 3.8) is 0 Å². The van der Waals surface area contributed by atoms with Gasteiger partial charge < -0.3 is 10.1 Å². The molecule has 0 amide bonds. The summed E-state index contributed by atoms with van der Waals surface area (Å²) >= 11 is 0. The van der Waals surface area contributed by atoms with Crippen LogP contribution in [0.1, 0.15) is 33.6 Å². The molecule has 1 aliphatic carbocycles. The summed E-state index contributed by atoms with van der Waals surface area (Å²) in [6, 6.07) is 2.13. The predicted octanol–water partition coefficient (Wildman–Crippen LogP) is 1.63. The molecule has 0 spiro atoms. The second kappa shape index (κ2) is 5.10. The lowest BCUT2D eigenvalue weighted by Crippen LogP contribution is -2.28. The van der Waals surface area contributed by atoms with E-state index < -0.39 is 0 Å². The van der Waals surface area contributed by atoms with Gasteiger partial charge in [-0.3, -0.25) is 4.79 Å². The predicted molar refractivity (Wildman–Crippen MR) is 70.8 cm³/mol. The zero-order chi connectivity index (χ0) is 13.2. The maximum atomic E-state index is 11.8. The minimum absolute atomic E-state index is 0.0850. The highest BCUT2D eigenvalue weighted by atomic mass is 16.5. The van der Waals surface area contributed by atoms with Gasteiger partial charge in [-0.2, -0.15) is 5.10 Å². The van der Waals surface area contributed by atoms with E-state index in [0.29, 0.717) is 19.2 Å². The molecule has 0 bridgehead atoms. The largest absolute Gasteiger partial charge is 0.381 e. The number of nitrogens with one attached hydrogen (secondary N) is 1. The number of aromatic nitrogens is 2. The van der Waals surface area contributed by atoms with E-state index in [-0.39, 0.29) is 11.2 Å². The van der Waals surface area contributed by atoms with Crippen LogP contribution in [0.3, 0.4) is 0 Å². The quantitative estimate of drug-likeness (QED) is 0.864. The van der Waals surface area contributed by atoms with Crippen molar-refractivity contribution in [1.82, 2.24) is 9.78 Å². The molecule has 2 rings (SSSR count). The molecule has 1 aromatic rings. The molecule has 0 radical (unpaired) electrons. The average Bonchev–Trinajstić information content (AvgIpc) is 3.03. The molecular formula is C13H21N3O2. The average molecular weight is 251 g/mol. The normalized spacial score (nSPS) is 15.7. The Balaban J connectivity index is 1.90. The SMILES string of the molecule is CC(C)(C)OCCn1ncc(NC2CC2)cc1=O. The molecule has 0 unspecified atom stereocenters. The van der Waals surface area contributed by atoms with Gasteiger partial charge in [-0.25, -0.2) is 4.68 Å². The molecule has 5 nitrogen and oxygen atoms in total. The first kappa shape index (κ1) is 13.1. The first-order valence-electron chi connectivity index (χ1n) is 6.42. The molecule has 1 aliphatic rings. The van der Waals surface area contributed by atoms with Crippen LogP contribution in [0.5, 0.6) is 0 Å². The highest BCUT2D eigenvalue weighted by molar-refractivity contribution is 5.41. The topological polar surface area (TPSA) is 56.1 Å². The van der Waals surface area contributed by atoms with Crippen molar-refractivity contribution in [2.24, 2.45) is 0 Å². The van der Waals surface area contributed by atoms with E-state index in [0.717, 1.165) is 5.69 Å². The summed E-state index contributed by atoms with van der Waals surface area (Å²) in [5, 5.41) is 7.40.